The average molecular weight is 310 g/mol. The normalized spacial score (nSPS) is 10.2. The molecular formula is C14H13ClFN3O2. The Morgan fingerprint density at radius 2 is 2.19 bits per heavy atom. The van der Waals surface area contributed by atoms with Gasteiger partial charge in [-0.3, -0.25) is 0 Å². The molecule has 1 aromatic carbocycles. The van der Waals surface area contributed by atoms with Crippen LogP contribution in [0, 0.1) is 5.82 Å². The fourth-order valence-corrected chi connectivity index (χ4v) is 1.93. The summed E-state index contributed by atoms with van der Waals surface area (Å²) in [6, 6.07) is 5.36. The molecule has 7 heteroatoms. The molecule has 0 saturated heterocycles. The molecule has 21 heavy (non-hydrogen) atoms. The van der Waals surface area contributed by atoms with E-state index in [4.69, 9.17) is 22.1 Å². The predicted molar refractivity (Wildman–Crippen MR) is 79.3 cm³/mol. The maximum atomic E-state index is 13.3. The van der Waals surface area contributed by atoms with Gasteiger partial charge in [-0.2, -0.15) is 0 Å². The van der Waals surface area contributed by atoms with Crippen LogP contribution in [0.3, 0.4) is 0 Å². The molecule has 0 bridgehead atoms. The first kappa shape index (κ1) is 15.1. The number of ether oxygens (including phenoxy) is 1. The second kappa shape index (κ2) is 6.41. The number of benzene rings is 1. The van der Waals surface area contributed by atoms with Crippen LogP contribution in [0.15, 0.2) is 30.5 Å². The number of nitrogens with zero attached hydrogens (tertiary/aromatic N) is 1. The highest BCUT2D eigenvalue weighted by Gasteiger charge is 2.15. The van der Waals surface area contributed by atoms with Crippen molar-refractivity contribution >= 4 is 34.8 Å². The third-order valence-electron chi connectivity index (χ3n) is 2.53. The molecule has 0 aliphatic carbocycles. The zero-order valence-corrected chi connectivity index (χ0v) is 11.9. The molecule has 0 fully saturated rings. The molecule has 0 spiro atoms. The van der Waals surface area contributed by atoms with Crippen LogP contribution in [0.4, 0.5) is 21.6 Å². The topological polar surface area (TPSA) is 77.2 Å². The largest absolute Gasteiger partial charge is 0.462 e. The quantitative estimate of drug-likeness (QED) is 0.847. The lowest BCUT2D eigenvalue weighted by Crippen LogP contribution is -2.10. The van der Waals surface area contributed by atoms with Crippen molar-refractivity contribution < 1.29 is 13.9 Å². The van der Waals surface area contributed by atoms with E-state index in [1.807, 2.05) is 0 Å². The number of esters is 1. The van der Waals surface area contributed by atoms with Crippen LogP contribution >= 0.6 is 11.6 Å². The first-order valence-corrected chi connectivity index (χ1v) is 6.53. The van der Waals surface area contributed by atoms with Gasteiger partial charge in [0.25, 0.3) is 0 Å². The first-order chi connectivity index (χ1) is 9.99. The van der Waals surface area contributed by atoms with E-state index in [0.717, 1.165) is 0 Å². The van der Waals surface area contributed by atoms with E-state index in [9.17, 15) is 9.18 Å². The number of nitrogen functional groups attached to an aromatic ring is 1. The van der Waals surface area contributed by atoms with Crippen molar-refractivity contribution in [2.45, 2.75) is 6.92 Å². The lowest BCUT2D eigenvalue weighted by Gasteiger charge is -2.11. The van der Waals surface area contributed by atoms with Gasteiger partial charge in [-0.25, -0.2) is 14.2 Å². The Kier molecular flexibility index (Phi) is 4.59. The molecule has 1 aromatic heterocycles. The number of rotatable bonds is 4. The minimum absolute atomic E-state index is 0.164. The number of nitrogens with one attached hydrogen (secondary N) is 1. The van der Waals surface area contributed by atoms with Crippen LogP contribution in [0.1, 0.15) is 17.3 Å². The molecule has 0 aliphatic heterocycles. The predicted octanol–water partition coefficient (Wildman–Crippen LogP) is 3.38. The molecule has 2 rings (SSSR count). The highest BCUT2D eigenvalue weighted by molar-refractivity contribution is 6.30. The summed E-state index contributed by atoms with van der Waals surface area (Å²) in [5.41, 5.74) is 6.47. The molecule has 3 N–H and O–H groups in total. The molecule has 0 saturated carbocycles. The number of hydrogen-bond acceptors (Lipinski definition) is 5. The number of hydrogen-bond donors (Lipinski definition) is 2. The summed E-state index contributed by atoms with van der Waals surface area (Å²) >= 11 is 5.78. The summed E-state index contributed by atoms with van der Waals surface area (Å²) in [5.74, 6) is -0.857. The van der Waals surface area contributed by atoms with E-state index < -0.39 is 11.8 Å². The SMILES string of the molecule is CCOC(=O)c1cc(N)cnc1Nc1cc(F)cc(Cl)c1. The smallest absolute Gasteiger partial charge is 0.341 e. The Hall–Kier alpha value is -2.34. The maximum Gasteiger partial charge on any atom is 0.341 e. The van der Waals surface area contributed by atoms with Gasteiger partial charge in [0.05, 0.1) is 18.5 Å². The van der Waals surface area contributed by atoms with Crippen LogP contribution in [-0.2, 0) is 4.74 Å². The van der Waals surface area contributed by atoms with E-state index in [-0.39, 0.29) is 23.0 Å². The number of halogens is 2. The molecule has 0 amide bonds. The Morgan fingerprint density at radius 3 is 2.86 bits per heavy atom. The minimum atomic E-state index is -0.567. The van der Waals surface area contributed by atoms with Gasteiger partial charge in [0.1, 0.15) is 17.2 Å². The average Bonchev–Trinajstić information content (AvgIpc) is 2.40. The van der Waals surface area contributed by atoms with Crippen LogP contribution in [0.25, 0.3) is 0 Å². The van der Waals surface area contributed by atoms with E-state index in [0.29, 0.717) is 11.4 Å². The van der Waals surface area contributed by atoms with Crippen molar-refractivity contribution in [2.75, 3.05) is 17.7 Å². The first-order valence-electron chi connectivity index (χ1n) is 6.15. The highest BCUT2D eigenvalue weighted by Crippen LogP contribution is 2.24. The zero-order valence-electron chi connectivity index (χ0n) is 11.2. The van der Waals surface area contributed by atoms with Crippen molar-refractivity contribution in [3.8, 4) is 0 Å². The monoisotopic (exact) mass is 309 g/mol. The molecule has 0 unspecified atom stereocenters. The van der Waals surface area contributed by atoms with E-state index >= 15 is 0 Å². The van der Waals surface area contributed by atoms with Gasteiger partial charge in [-0.05, 0) is 31.2 Å². The lowest BCUT2D eigenvalue weighted by molar-refractivity contribution is 0.0527. The fourth-order valence-electron chi connectivity index (χ4n) is 1.71. The van der Waals surface area contributed by atoms with Crippen LogP contribution < -0.4 is 11.1 Å². The lowest BCUT2D eigenvalue weighted by atomic mass is 10.2. The van der Waals surface area contributed by atoms with Crippen molar-refractivity contribution in [1.82, 2.24) is 4.98 Å². The summed E-state index contributed by atoms with van der Waals surface area (Å²) in [6.45, 7) is 1.91. The van der Waals surface area contributed by atoms with Gasteiger partial charge < -0.3 is 15.8 Å². The maximum absolute atomic E-state index is 13.3. The number of carbonyl (C=O) groups excluding carboxylic acids is 1. The summed E-state index contributed by atoms with van der Waals surface area (Å²) < 4.78 is 18.3. The third-order valence-corrected chi connectivity index (χ3v) is 2.75. The number of anilines is 3. The molecule has 5 nitrogen and oxygen atoms in total. The fraction of sp³-hybridized carbons (Fsp3) is 0.143. The second-order valence-electron chi connectivity index (χ2n) is 4.17. The zero-order chi connectivity index (χ0) is 15.4. The molecule has 110 valence electrons. The standard InChI is InChI=1S/C14H13ClFN3O2/c1-2-21-14(20)12-6-10(17)7-18-13(12)19-11-4-8(15)3-9(16)5-11/h3-7H,2,17H2,1H3,(H,18,19). The van der Waals surface area contributed by atoms with Gasteiger partial charge in [0.2, 0.25) is 0 Å². The van der Waals surface area contributed by atoms with Gasteiger partial charge >= 0.3 is 5.97 Å². The summed E-state index contributed by atoms with van der Waals surface area (Å²) in [4.78, 5) is 15.9. The number of pyridine rings is 1. The molecule has 0 atom stereocenters. The Balaban J connectivity index is 2.37. The second-order valence-corrected chi connectivity index (χ2v) is 4.60. The van der Waals surface area contributed by atoms with Crippen LogP contribution in [-0.4, -0.2) is 17.6 Å². The van der Waals surface area contributed by atoms with E-state index in [1.165, 1.54) is 30.5 Å². The Morgan fingerprint density at radius 1 is 1.43 bits per heavy atom. The Bertz CT molecular complexity index is 659. The molecule has 2 aromatic rings. The van der Waals surface area contributed by atoms with Gasteiger partial charge in [-0.1, -0.05) is 11.6 Å². The van der Waals surface area contributed by atoms with Gasteiger partial charge in [-0.15, -0.1) is 0 Å². The Labute approximate surface area is 125 Å². The summed E-state index contributed by atoms with van der Waals surface area (Å²) in [5, 5.41) is 3.06. The number of nitrogens with two attached hydrogens (primary N) is 1. The van der Waals surface area contributed by atoms with Gasteiger partial charge in [0, 0.05) is 10.7 Å². The summed E-state index contributed by atoms with van der Waals surface area (Å²) in [6.07, 6.45) is 1.38. The van der Waals surface area contributed by atoms with Crippen molar-refractivity contribution in [3.05, 3.63) is 46.9 Å². The number of carbonyl (C=O) groups is 1. The van der Waals surface area contributed by atoms with Crippen molar-refractivity contribution in [3.63, 3.8) is 0 Å². The minimum Gasteiger partial charge on any atom is -0.462 e. The highest BCUT2D eigenvalue weighted by atomic mass is 35.5. The van der Waals surface area contributed by atoms with E-state index in [1.54, 1.807) is 6.92 Å². The van der Waals surface area contributed by atoms with Crippen molar-refractivity contribution in [2.24, 2.45) is 0 Å². The molecule has 0 aliphatic rings. The van der Waals surface area contributed by atoms with Crippen LogP contribution in [0.2, 0.25) is 5.02 Å². The molecule has 1 heterocycles. The van der Waals surface area contributed by atoms with Gasteiger partial charge in [0.15, 0.2) is 0 Å². The summed E-state index contributed by atoms with van der Waals surface area (Å²) in [7, 11) is 0. The number of aromatic nitrogens is 1. The van der Waals surface area contributed by atoms with E-state index in [2.05, 4.69) is 10.3 Å². The molecule has 0 radical (unpaired) electrons. The van der Waals surface area contributed by atoms with Crippen LogP contribution in [0.5, 0.6) is 0 Å². The third kappa shape index (κ3) is 3.82. The van der Waals surface area contributed by atoms with Crippen molar-refractivity contribution in [1.29, 1.82) is 0 Å². The molecular weight excluding hydrogens is 297 g/mol.